The monoisotopic (exact) mass is 421 g/mol. The molecule has 2 aromatic carbocycles. The van der Waals surface area contributed by atoms with Crippen molar-refractivity contribution in [2.24, 2.45) is 10.8 Å². The molecule has 164 valence electrons. The Morgan fingerprint density at radius 3 is 2.06 bits per heavy atom. The van der Waals surface area contributed by atoms with Crippen molar-refractivity contribution >= 4 is 12.7 Å². The summed E-state index contributed by atoms with van der Waals surface area (Å²) in [5.74, 6) is 0.855. The maximum atomic E-state index is 6.56. The second-order valence-corrected chi connectivity index (χ2v) is 10.7. The summed E-state index contributed by atoms with van der Waals surface area (Å²) in [4.78, 5) is 0. The maximum absolute atomic E-state index is 6.56. The summed E-state index contributed by atoms with van der Waals surface area (Å²) >= 11 is 0. The number of carbonyl (C=O) groups excluding carboxylic acids is 1. The molecule has 31 heavy (non-hydrogen) atoms. The topological polar surface area (TPSA) is 39.0 Å². The molecule has 1 spiro atoms. The van der Waals surface area contributed by atoms with E-state index in [-0.39, 0.29) is 23.0 Å². The van der Waals surface area contributed by atoms with Crippen molar-refractivity contribution in [1.82, 2.24) is 0 Å². The second-order valence-electron chi connectivity index (χ2n) is 10.7. The van der Waals surface area contributed by atoms with E-state index in [0.29, 0.717) is 12.8 Å². The highest BCUT2D eigenvalue weighted by molar-refractivity contribution is 6.53. The first-order chi connectivity index (χ1) is 14.6. The van der Waals surface area contributed by atoms with Gasteiger partial charge in [0.15, 0.2) is 0 Å². The summed E-state index contributed by atoms with van der Waals surface area (Å²) in [7, 11) is 0. The molecule has 4 rings (SSSR count). The molecule has 3 unspecified atom stereocenters. The highest BCUT2D eigenvalue weighted by atomic mass is 16.9. The Bertz CT molecular complexity index is 914. The smallest absolute Gasteiger partial charge is 0.459 e. The molecule has 2 aliphatic rings. The van der Waals surface area contributed by atoms with Crippen molar-refractivity contribution < 1.29 is 18.3 Å². The zero-order chi connectivity index (χ0) is 22.3. The fourth-order valence-electron chi connectivity index (χ4n) is 4.11. The second kappa shape index (κ2) is 8.12. The Morgan fingerprint density at radius 2 is 1.48 bits per heavy atom. The number of hydrogen-bond acceptors (Lipinski definition) is 3. The molecule has 0 saturated carbocycles. The van der Waals surface area contributed by atoms with Crippen molar-refractivity contribution in [3.8, 4) is 0 Å². The molecule has 0 aliphatic carbocycles. The number of ketones is 1. The Labute approximate surface area is 186 Å². The molecule has 0 radical (unpaired) electrons. The number of hydrogen-bond donors (Lipinski definition) is 0. The largest absolute Gasteiger partial charge is 0.895 e. The Kier molecular flexibility index (Phi) is 5.80. The molecule has 1 fully saturated rings. The molecule has 2 aromatic rings. The Balaban J connectivity index is 1.79. The summed E-state index contributed by atoms with van der Waals surface area (Å²) in [6, 6.07) is 20.5. The van der Waals surface area contributed by atoms with Crippen LogP contribution in [0, 0.1) is 16.9 Å². The minimum absolute atomic E-state index is 0.104. The maximum Gasteiger partial charge on any atom is 0.895 e. The molecule has 2 heterocycles. The summed E-state index contributed by atoms with van der Waals surface area (Å²) in [6.45, 7) is 10.6. The first-order valence-electron chi connectivity index (χ1n) is 11.2. The molecule has 1 saturated heterocycles. The average molecular weight is 421 g/mol. The highest BCUT2D eigenvalue weighted by Crippen LogP contribution is 2.48. The zero-order valence-electron chi connectivity index (χ0n) is 19.6. The van der Waals surface area contributed by atoms with Gasteiger partial charge in [0.2, 0.25) is 6.10 Å². The van der Waals surface area contributed by atoms with Gasteiger partial charge in [-0.25, -0.2) is 4.65 Å². The lowest BCUT2D eigenvalue weighted by Gasteiger charge is -2.43. The van der Waals surface area contributed by atoms with E-state index in [0.717, 1.165) is 23.0 Å². The van der Waals surface area contributed by atoms with Gasteiger partial charge in [-0.15, -0.1) is 0 Å². The minimum atomic E-state index is -2.45. The van der Waals surface area contributed by atoms with Crippen molar-refractivity contribution in [2.75, 3.05) is 0 Å². The van der Waals surface area contributed by atoms with Gasteiger partial charge in [-0.1, -0.05) is 69.3 Å². The molecule has 4 nitrogen and oxygen atoms in total. The van der Waals surface area contributed by atoms with E-state index in [4.69, 9.17) is 18.3 Å². The third-order valence-electron chi connectivity index (χ3n) is 6.05. The summed E-state index contributed by atoms with van der Waals surface area (Å²) < 4.78 is 26.1. The Hall–Kier alpha value is -2.08. The highest BCUT2D eigenvalue weighted by Gasteiger charge is 2.68. The van der Waals surface area contributed by atoms with Crippen LogP contribution in [0.15, 0.2) is 60.7 Å². The third-order valence-corrected chi connectivity index (χ3v) is 6.05. The van der Waals surface area contributed by atoms with Gasteiger partial charge in [0.1, 0.15) is 11.8 Å². The van der Waals surface area contributed by atoms with Crippen molar-refractivity contribution in [2.45, 2.75) is 66.6 Å². The number of benzene rings is 2. The number of rotatable bonds is 2. The van der Waals surface area contributed by atoms with E-state index in [9.17, 15) is 0 Å². The van der Waals surface area contributed by atoms with Crippen molar-refractivity contribution in [3.05, 3.63) is 77.9 Å². The molecule has 5 heteroatoms. The van der Waals surface area contributed by atoms with E-state index < -0.39 is 6.96 Å². The normalized spacial score (nSPS) is 27.3. The van der Waals surface area contributed by atoms with E-state index in [1.165, 1.54) is 0 Å². The quantitative estimate of drug-likeness (QED) is 0.319. The van der Waals surface area contributed by atoms with E-state index in [1.54, 1.807) is 0 Å². The van der Waals surface area contributed by atoms with Crippen LogP contribution in [0.2, 0.25) is 0 Å². The SMILES string of the molecule is CC(C)(C)[C+]1CC(c2ccccc2)O[B-]2(O1)OC(C(C)(C)C)CC(c1ccccc1)=[O+]2. The molecular formula is C26H34BO4+. The first kappa shape index (κ1) is 22.1. The van der Waals surface area contributed by atoms with Gasteiger partial charge in [-0.2, -0.15) is 0 Å². The van der Waals surface area contributed by atoms with E-state index in [1.807, 2.05) is 36.4 Å². The average Bonchev–Trinajstić information content (AvgIpc) is 2.73. The van der Waals surface area contributed by atoms with Crippen LogP contribution in [0.4, 0.5) is 0 Å². The summed E-state index contributed by atoms with van der Waals surface area (Å²) in [5.41, 5.74) is 1.86. The lowest BCUT2D eigenvalue weighted by atomic mass is 9.78. The molecule has 0 bridgehead atoms. The van der Waals surface area contributed by atoms with Gasteiger partial charge in [0, 0.05) is 6.10 Å². The van der Waals surface area contributed by atoms with Crippen LogP contribution in [-0.4, -0.2) is 18.8 Å². The standard InChI is InChI=1S/C26H34BO4/c1-25(2,3)23-17-21(19-13-9-7-10-14-19)28-27(30-23)29-22(20-15-11-8-12-16-20)18-24(31-27)26(4,5)6/h7-16,21,24H,17-18H2,1-6H3/q+1. The van der Waals surface area contributed by atoms with Crippen LogP contribution in [0.1, 0.15) is 76.0 Å². The van der Waals surface area contributed by atoms with Gasteiger partial charge in [0.05, 0.1) is 18.1 Å². The van der Waals surface area contributed by atoms with Crippen LogP contribution < -0.4 is 0 Å². The van der Waals surface area contributed by atoms with E-state index >= 15 is 0 Å². The fourth-order valence-corrected chi connectivity index (χ4v) is 4.11. The lowest BCUT2D eigenvalue weighted by molar-refractivity contribution is -0.289. The van der Waals surface area contributed by atoms with Crippen LogP contribution in [0.5, 0.6) is 0 Å². The van der Waals surface area contributed by atoms with E-state index in [2.05, 4.69) is 65.8 Å². The van der Waals surface area contributed by atoms with Gasteiger partial charge >= 0.3 is 6.96 Å². The predicted octanol–water partition coefficient (Wildman–Crippen LogP) is 6.43. The molecule has 0 amide bonds. The predicted molar refractivity (Wildman–Crippen MR) is 124 cm³/mol. The fraction of sp³-hybridized carbons (Fsp3) is 0.462. The van der Waals surface area contributed by atoms with Gasteiger partial charge < -0.3 is 13.7 Å². The van der Waals surface area contributed by atoms with Crippen LogP contribution >= 0.6 is 0 Å². The summed E-state index contributed by atoms with van der Waals surface area (Å²) in [6.07, 6.45) is 1.98. The molecule has 0 aromatic heterocycles. The summed E-state index contributed by atoms with van der Waals surface area (Å²) in [5, 5.41) is 0. The minimum Gasteiger partial charge on any atom is -0.459 e. The first-order valence-corrected chi connectivity index (χ1v) is 11.2. The zero-order valence-corrected chi connectivity index (χ0v) is 19.6. The Morgan fingerprint density at radius 1 is 0.871 bits per heavy atom. The lowest BCUT2D eigenvalue weighted by Crippen LogP contribution is -2.58. The molecule has 2 aliphatic heterocycles. The third kappa shape index (κ3) is 4.89. The van der Waals surface area contributed by atoms with Gasteiger partial charge in [-0.05, 0) is 43.9 Å². The van der Waals surface area contributed by atoms with Crippen LogP contribution in [0.25, 0.3) is 0 Å². The van der Waals surface area contributed by atoms with Crippen molar-refractivity contribution in [1.29, 1.82) is 0 Å². The molecule has 0 N–H and O–H groups in total. The van der Waals surface area contributed by atoms with Crippen LogP contribution in [-0.2, 0) is 14.0 Å². The molecule has 3 atom stereocenters. The van der Waals surface area contributed by atoms with Crippen molar-refractivity contribution in [3.63, 3.8) is 0 Å². The van der Waals surface area contributed by atoms with Gasteiger partial charge in [-0.3, -0.25) is 0 Å². The van der Waals surface area contributed by atoms with Gasteiger partial charge in [0.25, 0.3) is 5.78 Å². The van der Waals surface area contributed by atoms with Crippen LogP contribution in [0.3, 0.4) is 0 Å². The molecular weight excluding hydrogens is 387 g/mol.